The van der Waals surface area contributed by atoms with Crippen LogP contribution >= 0.6 is 0 Å². The summed E-state index contributed by atoms with van der Waals surface area (Å²) in [7, 11) is 1.69. The minimum atomic E-state index is 0. The number of benzene rings is 2. The smallest absolute Gasteiger partial charge is 0.134 e. The van der Waals surface area contributed by atoms with Gasteiger partial charge in [-0.25, -0.2) is 4.98 Å². The first-order valence-electron chi connectivity index (χ1n) is 9.80. The van der Waals surface area contributed by atoms with Gasteiger partial charge in [-0.3, -0.25) is 4.90 Å². The number of rotatable bonds is 6. The van der Waals surface area contributed by atoms with Gasteiger partial charge in [0.15, 0.2) is 0 Å². The zero-order valence-corrected chi connectivity index (χ0v) is 16.1. The Morgan fingerprint density at radius 2 is 1.93 bits per heavy atom. The van der Waals surface area contributed by atoms with Gasteiger partial charge in [0.05, 0.1) is 12.8 Å². The van der Waals surface area contributed by atoms with Gasteiger partial charge in [-0.1, -0.05) is 38.6 Å². The lowest BCUT2D eigenvalue weighted by molar-refractivity contribution is 0.277. The highest BCUT2D eigenvalue weighted by Crippen LogP contribution is 2.29. The third-order valence-corrected chi connectivity index (χ3v) is 5.54. The van der Waals surface area contributed by atoms with E-state index in [9.17, 15) is 0 Å². The average Bonchev–Trinajstić information content (AvgIpc) is 3.19. The lowest BCUT2D eigenvalue weighted by Gasteiger charge is -2.23. The number of pyridine rings is 1. The fourth-order valence-electron chi connectivity index (χ4n) is 4.00. The topological polar surface area (TPSA) is 37.4 Å². The highest BCUT2D eigenvalue weighted by atomic mass is 16.5. The molecule has 1 atom stereocenters. The van der Waals surface area contributed by atoms with Crippen LogP contribution in [0.2, 0.25) is 0 Å². The lowest BCUT2D eigenvalue weighted by atomic mass is 10.1. The molecule has 0 amide bonds. The maximum Gasteiger partial charge on any atom is 0.134 e. The van der Waals surface area contributed by atoms with Crippen LogP contribution in [0.1, 0.15) is 27.2 Å². The van der Waals surface area contributed by atoms with Crippen molar-refractivity contribution in [1.29, 1.82) is 0 Å². The minimum Gasteiger partial charge on any atom is -0.497 e. The molecule has 4 nitrogen and oxygen atoms in total. The Labute approximate surface area is 168 Å². The fraction of sp³-hybridized carbons (Fsp3) is 0.375. The van der Waals surface area contributed by atoms with Crippen LogP contribution < -0.4 is 10.1 Å². The van der Waals surface area contributed by atoms with Crippen molar-refractivity contribution in [3.8, 4) is 17.0 Å². The van der Waals surface area contributed by atoms with Crippen LogP contribution in [0.25, 0.3) is 22.0 Å². The van der Waals surface area contributed by atoms with Gasteiger partial charge >= 0.3 is 0 Å². The van der Waals surface area contributed by atoms with E-state index in [1.54, 1.807) is 7.11 Å². The molecule has 0 bridgehead atoms. The Morgan fingerprint density at radius 3 is 2.68 bits per heavy atom. The van der Waals surface area contributed by atoms with Crippen LogP contribution in [0.15, 0.2) is 54.6 Å². The summed E-state index contributed by atoms with van der Waals surface area (Å²) >= 11 is 0. The Kier molecular flexibility index (Phi) is 6.53. The third-order valence-electron chi connectivity index (χ3n) is 5.54. The molecule has 1 saturated heterocycles. The number of ether oxygens (including phenoxy) is 1. The Bertz CT molecular complexity index is 907. The Balaban J connectivity index is 0.00000225. The molecule has 0 saturated carbocycles. The average molecular weight is 378 g/mol. The summed E-state index contributed by atoms with van der Waals surface area (Å²) in [6.45, 7) is 5.52. The van der Waals surface area contributed by atoms with Gasteiger partial charge in [-0.2, -0.15) is 0 Å². The number of hydrogen-bond donors (Lipinski definition) is 1. The van der Waals surface area contributed by atoms with Crippen molar-refractivity contribution in [2.45, 2.75) is 33.2 Å². The van der Waals surface area contributed by atoms with E-state index in [0.29, 0.717) is 6.04 Å². The number of methoxy groups -OCH3 is 1. The highest BCUT2D eigenvalue weighted by Gasteiger charge is 2.22. The van der Waals surface area contributed by atoms with Crippen LogP contribution in [-0.2, 0) is 0 Å². The van der Waals surface area contributed by atoms with E-state index in [2.05, 4.69) is 59.6 Å². The Hall–Kier alpha value is -2.59. The number of nitrogens with one attached hydrogen (secondary N) is 1. The molecular weight excluding hydrogens is 346 g/mol. The normalized spacial score (nSPS) is 16.7. The number of nitrogens with zero attached hydrogens (tertiary/aromatic N) is 2. The second-order valence-corrected chi connectivity index (χ2v) is 7.11. The van der Waals surface area contributed by atoms with Crippen molar-refractivity contribution in [3.05, 3.63) is 54.6 Å². The molecular formula is C24H31N3O. The van der Waals surface area contributed by atoms with Crippen LogP contribution in [0, 0.1) is 0 Å². The summed E-state index contributed by atoms with van der Waals surface area (Å²) in [4.78, 5) is 7.53. The van der Waals surface area contributed by atoms with Gasteiger partial charge in [0.25, 0.3) is 0 Å². The summed E-state index contributed by atoms with van der Waals surface area (Å²) in [5.74, 6) is 1.83. The first-order valence-corrected chi connectivity index (χ1v) is 9.80. The number of aromatic nitrogens is 1. The standard InChI is InChI=1S/C23H27N3O.CH4/c1-3-26-14-6-8-19(26)16-24-23-21-9-5-4-7-18(21)15-22(25-23)17-10-12-20(27-2)13-11-17;/h4-5,7,9-13,15,19H,3,6,8,14,16H2,1-2H3,(H,24,25);1H4. The van der Waals surface area contributed by atoms with Crippen molar-refractivity contribution in [2.24, 2.45) is 0 Å². The molecule has 4 rings (SSSR count). The predicted molar refractivity (Wildman–Crippen MR) is 119 cm³/mol. The SMILES string of the molecule is C.CCN1CCCC1CNc1nc(-c2ccc(OC)cc2)cc2ccccc12. The van der Waals surface area contributed by atoms with E-state index in [1.807, 2.05) is 12.1 Å². The predicted octanol–water partition coefficient (Wildman–Crippen LogP) is 5.44. The molecule has 28 heavy (non-hydrogen) atoms. The molecule has 1 aliphatic rings. The number of hydrogen-bond acceptors (Lipinski definition) is 4. The zero-order valence-electron chi connectivity index (χ0n) is 16.1. The van der Waals surface area contributed by atoms with Gasteiger partial charge < -0.3 is 10.1 Å². The van der Waals surface area contributed by atoms with Crippen molar-refractivity contribution >= 4 is 16.6 Å². The monoisotopic (exact) mass is 377 g/mol. The summed E-state index contributed by atoms with van der Waals surface area (Å²) in [6.07, 6.45) is 2.55. The molecule has 0 spiro atoms. The summed E-state index contributed by atoms with van der Waals surface area (Å²) < 4.78 is 5.28. The molecule has 2 aromatic carbocycles. The largest absolute Gasteiger partial charge is 0.497 e. The molecule has 4 heteroatoms. The number of likely N-dealkylation sites (tertiary alicyclic amines) is 1. The van der Waals surface area contributed by atoms with E-state index >= 15 is 0 Å². The van der Waals surface area contributed by atoms with E-state index in [4.69, 9.17) is 9.72 Å². The second kappa shape index (κ2) is 9.07. The molecule has 1 N–H and O–H groups in total. The van der Waals surface area contributed by atoms with Crippen LogP contribution in [0.5, 0.6) is 5.75 Å². The Morgan fingerprint density at radius 1 is 1.14 bits per heavy atom. The molecule has 0 radical (unpaired) electrons. The van der Waals surface area contributed by atoms with Gasteiger partial charge in [0.2, 0.25) is 0 Å². The van der Waals surface area contributed by atoms with Crippen LogP contribution in [-0.4, -0.2) is 42.7 Å². The zero-order chi connectivity index (χ0) is 18.6. The molecule has 1 aliphatic heterocycles. The molecule has 1 unspecified atom stereocenters. The van der Waals surface area contributed by atoms with E-state index < -0.39 is 0 Å². The molecule has 0 aliphatic carbocycles. The highest BCUT2D eigenvalue weighted by molar-refractivity contribution is 5.94. The maximum atomic E-state index is 5.28. The van der Waals surface area contributed by atoms with Crippen LogP contribution in [0.3, 0.4) is 0 Å². The van der Waals surface area contributed by atoms with Gasteiger partial charge in [0.1, 0.15) is 11.6 Å². The van der Waals surface area contributed by atoms with Gasteiger partial charge in [-0.15, -0.1) is 0 Å². The van der Waals surface area contributed by atoms with Gasteiger partial charge in [-0.05, 0) is 61.6 Å². The van der Waals surface area contributed by atoms with Crippen molar-refractivity contribution in [1.82, 2.24) is 9.88 Å². The van der Waals surface area contributed by atoms with Gasteiger partial charge in [0, 0.05) is 23.5 Å². The molecule has 3 aromatic rings. The molecule has 2 heterocycles. The van der Waals surface area contributed by atoms with Crippen molar-refractivity contribution in [3.63, 3.8) is 0 Å². The molecule has 1 fully saturated rings. The maximum absolute atomic E-state index is 5.28. The minimum absolute atomic E-state index is 0. The van der Waals surface area contributed by atoms with Crippen LogP contribution in [0.4, 0.5) is 5.82 Å². The second-order valence-electron chi connectivity index (χ2n) is 7.11. The summed E-state index contributed by atoms with van der Waals surface area (Å²) in [5, 5.41) is 6.03. The fourth-order valence-corrected chi connectivity index (χ4v) is 4.00. The van der Waals surface area contributed by atoms with E-state index in [1.165, 1.54) is 30.2 Å². The number of fused-ring (bicyclic) bond motifs is 1. The molecule has 1 aromatic heterocycles. The van der Waals surface area contributed by atoms with E-state index in [0.717, 1.165) is 35.9 Å². The first-order chi connectivity index (χ1) is 13.3. The summed E-state index contributed by atoms with van der Waals surface area (Å²) in [6, 6.07) is 19.3. The summed E-state index contributed by atoms with van der Waals surface area (Å²) in [5.41, 5.74) is 2.08. The van der Waals surface area contributed by atoms with Crippen molar-refractivity contribution in [2.75, 3.05) is 32.1 Å². The number of anilines is 1. The van der Waals surface area contributed by atoms with E-state index in [-0.39, 0.29) is 7.43 Å². The molecule has 148 valence electrons. The first kappa shape index (κ1) is 20.2. The van der Waals surface area contributed by atoms with Crippen molar-refractivity contribution < 1.29 is 4.74 Å². The third kappa shape index (κ3) is 4.12. The number of likely N-dealkylation sites (N-methyl/N-ethyl adjacent to an activating group) is 1. The quantitative estimate of drug-likeness (QED) is 0.620. The lowest BCUT2D eigenvalue weighted by Crippen LogP contribution is -2.34.